The normalized spacial score (nSPS) is 42.1. The van der Waals surface area contributed by atoms with Crippen LogP contribution in [-0.4, -0.2) is 28.7 Å². The third kappa shape index (κ3) is 3.61. The van der Waals surface area contributed by atoms with E-state index in [4.69, 9.17) is 0 Å². The fourth-order valence-corrected chi connectivity index (χ4v) is 6.00. The maximum absolute atomic E-state index is 11.0. The second-order valence-corrected chi connectivity index (χ2v) is 9.04. The standard InChI is InChI=1S/C23H34O3/c1-15(10-12-24)20-8-9-21-17(5-4-11-23(20,21)3)6-7-18-13-19(25)14-22(26)16(18)2/h6-7,12,15,19-22,25-26H,2,4-5,8-11,13-14H2,1,3H3/b17-6+,18-7+/t15-,19-,20-,21+,22+,23-/m1/s1. The molecule has 3 fully saturated rings. The van der Waals surface area contributed by atoms with Crippen LogP contribution in [0.1, 0.15) is 65.2 Å². The molecular weight excluding hydrogens is 324 g/mol. The van der Waals surface area contributed by atoms with Gasteiger partial charge in [0, 0.05) is 12.8 Å². The minimum atomic E-state index is -0.625. The number of rotatable bonds is 4. The van der Waals surface area contributed by atoms with Gasteiger partial charge in [-0.25, -0.2) is 0 Å². The molecule has 6 atom stereocenters. The number of carbonyl (C=O) groups excluding carboxylic acids is 1. The first kappa shape index (κ1) is 19.6. The Morgan fingerprint density at radius 3 is 2.81 bits per heavy atom. The summed E-state index contributed by atoms with van der Waals surface area (Å²) in [7, 11) is 0. The van der Waals surface area contributed by atoms with Gasteiger partial charge < -0.3 is 15.0 Å². The molecule has 0 heterocycles. The lowest BCUT2D eigenvalue weighted by atomic mass is 9.61. The number of aldehydes is 1. The Hall–Kier alpha value is -1.19. The predicted molar refractivity (Wildman–Crippen MR) is 105 cm³/mol. The molecule has 0 aliphatic heterocycles. The monoisotopic (exact) mass is 358 g/mol. The van der Waals surface area contributed by atoms with Crippen molar-refractivity contribution in [2.75, 3.05) is 0 Å². The molecule has 0 amide bonds. The van der Waals surface area contributed by atoms with Gasteiger partial charge in [0.15, 0.2) is 0 Å². The average Bonchev–Trinajstić information content (AvgIpc) is 2.94. The van der Waals surface area contributed by atoms with Crippen LogP contribution in [0.5, 0.6) is 0 Å². The molecule has 26 heavy (non-hydrogen) atoms. The zero-order valence-corrected chi connectivity index (χ0v) is 16.3. The number of hydrogen-bond donors (Lipinski definition) is 2. The molecule has 144 valence electrons. The fourth-order valence-electron chi connectivity index (χ4n) is 6.00. The zero-order valence-electron chi connectivity index (χ0n) is 16.3. The SMILES string of the molecule is C=C1/C(=C/C=C2\CCC[C@]3(C)[C@@H]([C@H](C)CC=O)CC[C@@H]23)C[C@@H](O)C[C@@H]1O. The number of allylic oxidation sites excluding steroid dienone is 3. The van der Waals surface area contributed by atoms with Crippen LogP contribution in [-0.2, 0) is 4.79 Å². The van der Waals surface area contributed by atoms with Crippen molar-refractivity contribution in [3.05, 3.63) is 35.5 Å². The summed E-state index contributed by atoms with van der Waals surface area (Å²) in [5, 5.41) is 20.0. The molecule has 3 aliphatic carbocycles. The second-order valence-electron chi connectivity index (χ2n) is 9.04. The molecule has 0 bridgehead atoms. The average molecular weight is 359 g/mol. The first-order valence-electron chi connectivity index (χ1n) is 10.3. The van der Waals surface area contributed by atoms with E-state index in [1.807, 2.05) is 0 Å². The van der Waals surface area contributed by atoms with E-state index in [9.17, 15) is 15.0 Å². The number of carbonyl (C=O) groups is 1. The van der Waals surface area contributed by atoms with Crippen molar-refractivity contribution in [1.29, 1.82) is 0 Å². The summed E-state index contributed by atoms with van der Waals surface area (Å²) >= 11 is 0. The van der Waals surface area contributed by atoms with Crippen LogP contribution in [0.2, 0.25) is 0 Å². The minimum Gasteiger partial charge on any atom is -0.393 e. The smallest absolute Gasteiger partial charge is 0.120 e. The van der Waals surface area contributed by atoms with E-state index in [0.717, 1.165) is 23.9 Å². The summed E-state index contributed by atoms with van der Waals surface area (Å²) in [5.41, 5.74) is 3.55. The summed E-state index contributed by atoms with van der Waals surface area (Å²) in [6.45, 7) is 8.69. The topological polar surface area (TPSA) is 57.5 Å². The Labute approximate surface area is 157 Å². The van der Waals surface area contributed by atoms with E-state index >= 15 is 0 Å². The minimum absolute atomic E-state index is 0.299. The summed E-state index contributed by atoms with van der Waals surface area (Å²) in [6.07, 6.45) is 12.0. The molecule has 0 saturated heterocycles. The first-order valence-corrected chi connectivity index (χ1v) is 10.3. The maximum atomic E-state index is 11.0. The first-order chi connectivity index (χ1) is 12.4. The fraction of sp³-hybridized carbons (Fsp3) is 0.696. The van der Waals surface area contributed by atoms with E-state index in [-0.39, 0.29) is 0 Å². The van der Waals surface area contributed by atoms with Gasteiger partial charge in [-0.3, -0.25) is 0 Å². The maximum Gasteiger partial charge on any atom is 0.120 e. The number of aliphatic hydroxyl groups excluding tert-OH is 2. The van der Waals surface area contributed by atoms with E-state index in [1.165, 1.54) is 31.3 Å². The Kier molecular flexibility index (Phi) is 5.88. The molecule has 0 spiro atoms. The van der Waals surface area contributed by atoms with Crippen LogP contribution in [0.25, 0.3) is 0 Å². The highest BCUT2D eigenvalue weighted by molar-refractivity contribution is 5.49. The molecule has 0 aromatic carbocycles. The largest absolute Gasteiger partial charge is 0.393 e. The van der Waals surface area contributed by atoms with E-state index in [0.29, 0.717) is 42.4 Å². The highest BCUT2D eigenvalue weighted by atomic mass is 16.3. The molecule has 0 aromatic heterocycles. The molecule has 0 unspecified atom stereocenters. The van der Waals surface area contributed by atoms with Gasteiger partial charge in [-0.15, -0.1) is 0 Å². The van der Waals surface area contributed by atoms with Crippen LogP contribution in [0.15, 0.2) is 35.5 Å². The molecule has 3 nitrogen and oxygen atoms in total. The third-order valence-electron chi connectivity index (χ3n) is 7.46. The lowest BCUT2D eigenvalue weighted by Crippen LogP contribution is -2.36. The van der Waals surface area contributed by atoms with Crippen LogP contribution >= 0.6 is 0 Å². The van der Waals surface area contributed by atoms with Crippen molar-refractivity contribution < 1.29 is 15.0 Å². The van der Waals surface area contributed by atoms with Crippen molar-refractivity contribution in [3.63, 3.8) is 0 Å². The Balaban J connectivity index is 1.81. The molecule has 3 rings (SSSR count). The van der Waals surface area contributed by atoms with Gasteiger partial charge in [0.1, 0.15) is 6.29 Å². The van der Waals surface area contributed by atoms with Crippen LogP contribution < -0.4 is 0 Å². The Bertz CT molecular complexity index is 617. The summed E-state index contributed by atoms with van der Waals surface area (Å²) in [4.78, 5) is 11.0. The van der Waals surface area contributed by atoms with Crippen LogP contribution in [0, 0.1) is 23.2 Å². The van der Waals surface area contributed by atoms with Gasteiger partial charge >= 0.3 is 0 Å². The summed E-state index contributed by atoms with van der Waals surface area (Å²) < 4.78 is 0. The number of fused-ring (bicyclic) bond motifs is 1. The van der Waals surface area contributed by atoms with E-state index in [1.54, 1.807) is 0 Å². The van der Waals surface area contributed by atoms with Crippen molar-refractivity contribution in [1.82, 2.24) is 0 Å². The quantitative estimate of drug-likeness (QED) is 0.735. The van der Waals surface area contributed by atoms with Gasteiger partial charge in [0.05, 0.1) is 12.2 Å². The van der Waals surface area contributed by atoms with Crippen molar-refractivity contribution in [2.24, 2.45) is 23.2 Å². The third-order valence-corrected chi connectivity index (χ3v) is 7.46. The highest BCUT2D eigenvalue weighted by Crippen LogP contribution is 2.59. The van der Waals surface area contributed by atoms with Crippen LogP contribution in [0.4, 0.5) is 0 Å². The molecular formula is C23H34O3. The molecule has 3 saturated carbocycles. The predicted octanol–water partition coefficient (Wildman–Crippen LogP) is 4.35. The number of hydrogen-bond acceptors (Lipinski definition) is 3. The molecule has 0 radical (unpaired) electrons. The van der Waals surface area contributed by atoms with Crippen molar-refractivity contribution in [2.45, 2.75) is 77.4 Å². The molecule has 0 aromatic rings. The van der Waals surface area contributed by atoms with Gasteiger partial charge in [0.25, 0.3) is 0 Å². The van der Waals surface area contributed by atoms with E-state index in [2.05, 4.69) is 32.6 Å². The van der Waals surface area contributed by atoms with Crippen molar-refractivity contribution >= 4 is 6.29 Å². The number of aliphatic hydroxyl groups is 2. The van der Waals surface area contributed by atoms with E-state index < -0.39 is 12.2 Å². The zero-order chi connectivity index (χ0) is 18.9. The van der Waals surface area contributed by atoms with Gasteiger partial charge in [-0.05, 0) is 72.8 Å². The van der Waals surface area contributed by atoms with Gasteiger partial charge in [-0.1, -0.05) is 38.2 Å². The Morgan fingerprint density at radius 2 is 2.08 bits per heavy atom. The van der Waals surface area contributed by atoms with Gasteiger partial charge in [-0.2, -0.15) is 0 Å². The highest BCUT2D eigenvalue weighted by Gasteiger charge is 2.50. The summed E-state index contributed by atoms with van der Waals surface area (Å²) in [5.74, 6) is 1.69. The molecule has 2 N–H and O–H groups in total. The molecule has 3 heteroatoms. The summed E-state index contributed by atoms with van der Waals surface area (Å²) in [6, 6.07) is 0. The van der Waals surface area contributed by atoms with Gasteiger partial charge in [0.2, 0.25) is 0 Å². The lowest BCUT2D eigenvalue weighted by Gasteiger charge is -2.44. The van der Waals surface area contributed by atoms with Crippen LogP contribution in [0.3, 0.4) is 0 Å². The Morgan fingerprint density at radius 1 is 1.31 bits per heavy atom. The second kappa shape index (κ2) is 7.82. The van der Waals surface area contributed by atoms with Crippen molar-refractivity contribution in [3.8, 4) is 0 Å². The molecule has 3 aliphatic rings. The lowest BCUT2D eigenvalue weighted by molar-refractivity contribution is -0.109.